The third-order valence-corrected chi connectivity index (χ3v) is 17.1. The molecule has 27 heteroatoms. The van der Waals surface area contributed by atoms with Crippen LogP contribution in [0.25, 0.3) is 0 Å². The first kappa shape index (κ1) is 103. The Bertz CT molecular complexity index is 3610. The summed E-state index contributed by atoms with van der Waals surface area (Å²) in [6.07, 6.45) is 12.3. The SMILES string of the molecule is Br.BrP(Br)Br.C1CCOC1.CCO.ClCCl.N=C(N)SCc1ccccc1CC(=O)CCCc1ccc(Cl)cc1.NC(N)=S.NCCc1ccc(Cl)cc1.O=C(CCCc1ccc(Cl)cc1)Cc1ccccc1CBr.O=C(CCCc1ccc(Cl)cc1)Cc1ccccc1CO.O=C1Cc2ccccc2CO1. The van der Waals surface area contributed by atoms with Gasteiger partial charge in [-0.15, -0.1) is 40.2 Å². The van der Waals surface area contributed by atoms with Gasteiger partial charge < -0.3 is 42.6 Å². The number of hydrogen-bond donors (Lipinski definition) is 7. The van der Waals surface area contributed by atoms with Crippen LogP contribution >= 0.6 is 177 Å². The second kappa shape index (κ2) is 66.7. The molecule has 1 saturated heterocycles. The number of benzene rings is 8. The molecule has 0 bridgehead atoms. The molecule has 0 saturated carbocycles. The molecule has 0 amide bonds. The lowest BCUT2D eigenvalue weighted by molar-refractivity contribution is -0.145. The van der Waals surface area contributed by atoms with E-state index in [-0.39, 0.29) is 67.4 Å². The number of aryl methyl sites for hydroxylation is 3. The number of thiocarbonyl (C=S) groups is 1. The predicted molar refractivity (Wildman–Crippen MR) is 479 cm³/mol. The molecule has 584 valence electrons. The van der Waals surface area contributed by atoms with Crippen LogP contribution in [0.15, 0.2) is 194 Å². The van der Waals surface area contributed by atoms with E-state index in [4.69, 9.17) is 101 Å². The zero-order valence-corrected chi connectivity index (χ0v) is 74.9. The van der Waals surface area contributed by atoms with Crippen molar-refractivity contribution in [3.63, 3.8) is 0 Å². The van der Waals surface area contributed by atoms with Gasteiger partial charge in [-0.25, -0.2) is 0 Å². The number of nitrogens with two attached hydrogens (primary N) is 4. The number of rotatable bonds is 24. The summed E-state index contributed by atoms with van der Waals surface area (Å²) in [4.78, 5) is 47.2. The molecule has 11 N–H and O–H groups in total. The molecule has 2 aliphatic rings. The lowest BCUT2D eigenvalue weighted by Crippen LogP contribution is -2.18. The minimum Gasteiger partial charge on any atom is -0.461 e. The number of fused-ring (bicyclic) bond motifs is 1. The first-order chi connectivity index (χ1) is 50.9. The second-order valence-corrected chi connectivity index (χ2v) is 42.9. The number of hydrogen-bond acceptors (Lipinski definition) is 12. The quantitative estimate of drug-likeness (QED) is 0.00742. The van der Waals surface area contributed by atoms with Crippen molar-refractivity contribution in [3.05, 3.63) is 281 Å². The highest BCUT2D eigenvalue weighted by molar-refractivity contribution is 9.93. The van der Waals surface area contributed by atoms with Gasteiger partial charge in [-0.2, -0.15) is 0 Å². The number of nitrogens with one attached hydrogen (secondary N) is 1. The summed E-state index contributed by atoms with van der Waals surface area (Å²) in [5, 5.41) is 28.2. The van der Waals surface area contributed by atoms with E-state index in [1.54, 1.807) is 6.92 Å². The van der Waals surface area contributed by atoms with Crippen molar-refractivity contribution in [1.82, 2.24) is 0 Å². The van der Waals surface area contributed by atoms with Crippen LogP contribution in [0.4, 0.5) is 0 Å². The molecule has 2 aliphatic heterocycles. The van der Waals surface area contributed by atoms with Gasteiger partial charge in [0.2, 0.25) is 0 Å². The van der Waals surface area contributed by atoms with E-state index < -0.39 is 0 Å². The lowest BCUT2D eigenvalue weighted by atomic mass is 9.99. The Morgan fingerprint density at radius 2 is 0.832 bits per heavy atom. The third-order valence-electron chi connectivity index (χ3n) is 14.7. The largest absolute Gasteiger partial charge is 0.461 e. The fourth-order valence-corrected chi connectivity index (χ4v) is 11.3. The Hall–Kier alpha value is -3.84. The number of cyclic esters (lactones) is 1. The van der Waals surface area contributed by atoms with Crippen molar-refractivity contribution in [2.24, 2.45) is 22.9 Å². The van der Waals surface area contributed by atoms with Crippen LogP contribution in [0.1, 0.15) is 125 Å². The molecular weight excluding hydrogens is 1870 g/mol. The highest BCUT2D eigenvalue weighted by atomic mass is 80.0. The van der Waals surface area contributed by atoms with Crippen molar-refractivity contribution in [2.75, 3.05) is 31.7 Å². The summed E-state index contributed by atoms with van der Waals surface area (Å²) < 4.78 is 9.63. The maximum atomic E-state index is 12.3. The maximum Gasteiger partial charge on any atom is 0.310 e. The summed E-state index contributed by atoms with van der Waals surface area (Å²) in [6.45, 7) is 5.05. The molecular formula is C80H97Br5Cl6N5O8PS2. The molecule has 0 aliphatic carbocycles. The molecule has 0 atom stereocenters. The van der Waals surface area contributed by atoms with E-state index in [0.717, 1.165) is 123 Å². The molecule has 8 aromatic rings. The van der Waals surface area contributed by atoms with Gasteiger partial charge in [0, 0.05) is 89.5 Å². The van der Waals surface area contributed by atoms with Gasteiger partial charge in [0.1, 0.15) is 28.0 Å². The minimum absolute atomic E-state index is 0. The molecule has 0 radical (unpaired) electrons. The highest BCUT2D eigenvalue weighted by Gasteiger charge is 2.15. The summed E-state index contributed by atoms with van der Waals surface area (Å²) in [5.41, 5.74) is 33.3. The summed E-state index contributed by atoms with van der Waals surface area (Å²) in [6, 6.07) is 62.4. The molecule has 0 unspecified atom stereocenters. The Morgan fingerprint density at radius 1 is 0.533 bits per heavy atom. The van der Waals surface area contributed by atoms with Gasteiger partial charge in [0.25, 0.3) is 0 Å². The first-order valence-electron chi connectivity index (χ1n) is 33.8. The van der Waals surface area contributed by atoms with Crippen molar-refractivity contribution in [2.45, 2.75) is 134 Å². The highest BCUT2D eigenvalue weighted by Crippen LogP contribution is 2.59. The number of amidine groups is 1. The van der Waals surface area contributed by atoms with E-state index in [9.17, 15) is 24.3 Å². The normalized spacial score (nSPS) is 11.0. The van der Waals surface area contributed by atoms with Crippen LogP contribution in [0.3, 0.4) is 0 Å². The standard InChI is InChI=1S/C19H21ClN2OS.C18H18BrClO.C18H19ClO2.C9H8O2.C8H10ClN.C4H8O.C2H6O.CH2Cl2.CH4N2S.Br3P.BrH/c20-17-10-8-14(9-11-17)4-3-7-18(23)12-15-5-1-2-6-16(15)13-24-19(21)22;19-13-16-6-2-1-5-15(16)12-18(21)7-3-4-14-8-10-17(20)11-9-14;19-17-10-8-14(9-11-17)4-3-7-18(21)12-15-5-1-2-6-16(15)13-20;10-9-5-7-3-1-2-4-8(7)6-11-9;9-8-3-1-7(2-4-8)5-6-10;1-2-4-5-3-1;1-2-3;2-1-3;2-1(3)4;1-4(2)3;/h1-2,5-6,8-11H,3-4,7,12-13H2,(H3,21,22);1-2,5-6,8-11H,3-4,7,12-13H2;1-2,5-6,8-11,20H,3-4,7,12-13H2;1-4H,5-6H2;1-4H,5-6,10H2;1-4H2;3H,2H2,1H3;1H2;(H4,2,3,4);;1H. The molecule has 107 heavy (non-hydrogen) atoms. The van der Waals surface area contributed by atoms with Crippen molar-refractivity contribution in [1.29, 1.82) is 5.41 Å². The Kier molecular flexibility index (Phi) is 64.3. The van der Waals surface area contributed by atoms with Gasteiger partial charge in [-0.1, -0.05) is 220 Å². The average Bonchev–Trinajstić information content (AvgIpc) is 0.908. The van der Waals surface area contributed by atoms with E-state index in [0.29, 0.717) is 69.6 Å². The fourth-order valence-electron chi connectivity index (χ4n) is 9.66. The van der Waals surface area contributed by atoms with Gasteiger partial charge in [-0.3, -0.25) is 24.6 Å². The minimum atomic E-state index is -0.183. The van der Waals surface area contributed by atoms with E-state index in [1.807, 2.05) is 188 Å². The molecule has 0 aromatic heterocycles. The van der Waals surface area contributed by atoms with Crippen LogP contribution in [-0.4, -0.2) is 75.5 Å². The lowest BCUT2D eigenvalue weighted by Gasteiger charge is -2.14. The number of ether oxygens (including phenoxy) is 2. The number of carbonyl (C=O) groups is 4. The Morgan fingerprint density at radius 3 is 1.15 bits per heavy atom. The molecule has 1 fully saturated rings. The second-order valence-electron chi connectivity index (χ2n) is 22.9. The van der Waals surface area contributed by atoms with Gasteiger partial charge in [0.15, 0.2) is 10.3 Å². The number of thioether (sulfide) groups is 1. The predicted octanol–water partition coefficient (Wildman–Crippen LogP) is 22.4. The zero-order valence-electron chi connectivity index (χ0n) is 59.8. The smallest absolute Gasteiger partial charge is 0.310 e. The molecule has 2 heterocycles. The monoisotopic (exact) mass is 1960 g/mol. The molecule has 13 nitrogen and oxygen atoms in total. The van der Waals surface area contributed by atoms with Crippen molar-refractivity contribution < 1.29 is 38.9 Å². The number of carbonyl (C=O) groups excluding carboxylic acids is 4. The van der Waals surface area contributed by atoms with Crippen LogP contribution in [0.5, 0.6) is 0 Å². The van der Waals surface area contributed by atoms with Crippen LogP contribution in [0.2, 0.25) is 20.1 Å². The number of alkyl halides is 3. The van der Waals surface area contributed by atoms with E-state index in [2.05, 4.69) is 92.1 Å². The number of esters is 1. The third kappa shape index (κ3) is 55.3. The fraction of sp³-hybridized carbons (Fsp3) is 0.325. The van der Waals surface area contributed by atoms with Gasteiger partial charge >= 0.3 is 5.97 Å². The van der Waals surface area contributed by atoms with Gasteiger partial charge in [-0.05, 0) is 245 Å². The number of halogens is 11. The number of aliphatic hydroxyl groups excluding tert-OH is 2. The van der Waals surface area contributed by atoms with E-state index >= 15 is 0 Å². The van der Waals surface area contributed by atoms with Gasteiger partial charge in [0.05, 0.1) is 18.4 Å². The van der Waals surface area contributed by atoms with E-state index in [1.165, 1.54) is 52.4 Å². The van der Waals surface area contributed by atoms with Crippen molar-refractivity contribution >= 4 is 211 Å². The zero-order chi connectivity index (χ0) is 78.7. The Balaban J connectivity index is 0.00000126. The molecule has 8 aromatic carbocycles. The summed E-state index contributed by atoms with van der Waals surface area (Å²) >= 11 is 51.1. The maximum absolute atomic E-state index is 12.3. The summed E-state index contributed by atoms with van der Waals surface area (Å²) in [7, 11) is 0. The van der Waals surface area contributed by atoms with Crippen molar-refractivity contribution in [3.8, 4) is 0 Å². The average molecular weight is 1960 g/mol. The first-order valence-corrected chi connectivity index (χ1v) is 46.3. The molecule has 10 rings (SSSR count). The van der Waals surface area contributed by atoms with Crippen LogP contribution in [-0.2, 0) is 104 Å². The van der Waals surface area contributed by atoms with Crippen LogP contribution in [0, 0.1) is 5.41 Å². The Labute approximate surface area is 717 Å². The summed E-state index contributed by atoms with van der Waals surface area (Å²) in [5.74, 6) is 1.26. The molecule has 0 spiro atoms. The number of Topliss-reactive ketones (excluding diaryl/α,β-unsaturated/α-hetero) is 3. The topological polar surface area (TPSA) is 255 Å². The number of ketones is 3. The van der Waals surface area contributed by atoms with Crippen LogP contribution < -0.4 is 22.9 Å². The number of aliphatic hydroxyl groups is 2.